The van der Waals surface area contributed by atoms with Crippen LogP contribution in [0.3, 0.4) is 0 Å². The first-order valence-electron chi connectivity index (χ1n) is 9.08. The number of halogens is 1. The van der Waals surface area contributed by atoms with E-state index >= 15 is 0 Å². The summed E-state index contributed by atoms with van der Waals surface area (Å²) in [5.41, 5.74) is 1.28. The Morgan fingerprint density at radius 2 is 2.08 bits per heavy atom. The minimum Gasteiger partial charge on any atom is -0.379 e. The van der Waals surface area contributed by atoms with Crippen molar-refractivity contribution in [2.24, 2.45) is 5.92 Å². The molecular formula is C19H32ClN3O. The van der Waals surface area contributed by atoms with Crippen molar-refractivity contribution in [3.63, 3.8) is 0 Å². The lowest BCUT2D eigenvalue weighted by molar-refractivity contribution is 0.0525. The lowest BCUT2D eigenvalue weighted by Crippen LogP contribution is -2.52. The molecule has 5 heteroatoms. The average Bonchev–Trinajstić information content (AvgIpc) is 3.09. The molecule has 1 saturated carbocycles. The number of hydrogen-bond donors (Lipinski definition) is 2. The van der Waals surface area contributed by atoms with Crippen LogP contribution in [-0.2, 0) is 4.74 Å². The van der Waals surface area contributed by atoms with Gasteiger partial charge in [0.15, 0.2) is 0 Å². The Kier molecular flexibility index (Phi) is 7.82. The first kappa shape index (κ1) is 19.5. The summed E-state index contributed by atoms with van der Waals surface area (Å²) in [6.45, 7) is 6.07. The highest BCUT2D eigenvalue weighted by Gasteiger charge is 2.34. The van der Waals surface area contributed by atoms with Gasteiger partial charge in [0.1, 0.15) is 0 Å². The van der Waals surface area contributed by atoms with E-state index < -0.39 is 0 Å². The normalized spacial score (nSPS) is 28.2. The van der Waals surface area contributed by atoms with Crippen molar-refractivity contribution in [2.45, 2.75) is 44.3 Å². The third-order valence-electron chi connectivity index (χ3n) is 5.54. The molecule has 1 heterocycles. The Balaban J connectivity index is 0.00000208. The molecule has 1 aromatic rings. The molecule has 0 amide bonds. The van der Waals surface area contributed by atoms with Crippen LogP contribution < -0.4 is 15.5 Å². The van der Waals surface area contributed by atoms with Gasteiger partial charge in [0.25, 0.3) is 0 Å². The van der Waals surface area contributed by atoms with Gasteiger partial charge in [-0.25, -0.2) is 0 Å². The summed E-state index contributed by atoms with van der Waals surface area (Å²) in [5, 5.41) is 7.49. The third-order valence-corrected chi connectivity index (χ3v) is 5.54. The zero-order valence-electron chi connectivity index (χ0n) is 14.9. The highest BCUT2D eigenvalue weighted by molar-refractivity contribution is 5.85. The third kappa shape index (κ3) is 4.85. The fourth-order valence-electron chi connectivity index (χ4n) is 3.96. The largest absolute Gasteiger partial charge is 0.379 e. The first-order valence-corrected chi connectivity index (χ1v) is 9.08. The topological polar surface area (TPSA) is 36.5 Å². The summed E-state index contributed by atoms with van der Waals surface area (Å²) >= 11 is 0. The summed E-state index contributed by atoms with van der Waals surface area (Å²) in [7, 11) is 2.18. The van der Waals surface area contributed by atoms with Crippen molar-refractivity contribution >= 4 is 18.1 Å². The zero-order valence-corrected chi connectivity index (χ0v) is 15.7. The lowest BCUT2D eigenvalue weighted by atomic mass is 9.94. The van der Waals surface area contributed by atoms with Gasteiger partial charge in [0, 0.05) is 44.0 Å². The minimum absolute atomic E-state index is 0. The van der Waals surface area contributed by atoms with Crippen LogP contribution >= 0.6 is 12.4 Å². The zero-order chi connectivity index (χ0) is 16.1. The number of rotatable bonds is 6. The molecule has 2 aliphatic rings. The highest BCUT2D eigenvalue weighted by Crippen LogP contribution is 2.29. The molecule has 0 aromatic heterocycles. The molecule has 1 aliphatic carbocycles. The molecule has 4 atom stereocenters. The van der Waals surface area contributed by atoms with Crippen LogP contribution in [0.2, 0.25) is 0 Å². The number of morpholine rings is 1. The highest BCUT2D eigenvalue weighted by atomic mass is 35.5. The molecule has 4 nitrogen and oxygen atoms in total. The van der Waals surface area contributed by atoms with Gasteiger partial charge in [0.2, 0.25) is 0 Å². The van der Waals surface area contributed by atoms with Crippen molar-refractivity contribution in [2.75, 3.05) is 38.3 Å². The SMILES string of the molecule is CC(CNC1CCCC1C1COCCN1)N(C)c1ccccc1.Cl. The van der Waals surface area contributed by atoms with Crippen LogP contribution in [0.15, 0.2) is 30.3 Å². The molecular weight excluding hydrogens is 322 g/mol. The summed E-state index contributed by atoms with van der Waals surface area (Å²) < 4.78 is 5.67. The van der Waals surface area contributed by atoms with Crippen molar-refractivity contribution in [3.8, 4) is 0 Å². The van der Waals surface area contributed by atoms with Crippen LogP contribution in [0.5, 0.6) is 0 Å². The van der Waals surface area contributed by atoms with E-state index in [1.165, 1.54) is 24.9 Å². The molecule has 2 fully saturated rings. The van der Waals surface area contributed by atoms with Gasteiger partial charge in [-0.1, -0.05) is 24.6 Å². The maximum Gasteiger partial charge on any atom is 0.0623 e. The van der Waals surface area contributed by atoms with Crippen LogP contribution in [0.4, 0.5) is 5.69 Å². The summed E-state index contributed by atoms with van der Waals surface area (Å²) in [6.07, 6.45) is 3.95. The standard InChI is InChI=1S/C19H31N3O.ClH/c1-15(22(2)16-7-4-3-5-8-16)13-21-18-10-6-9-17(18)19-14-23-12-11-20-19;/h3-5,7-8,15,17-21H,6,9-14H2,1-2H3;1H. The predicted octanol–water partition coefficient (Wildman–Crippen LogP) is 2.68. The van der Waals surface area contributed by atoms with Crippen molar-refractivity contribution in [1.82, 2.24) is 10.6 Å². The molecule has 0 bridgehead atoms. The Morgan fingerprint density at radius 3 is 2.79 bits per heavy atom. The molecule has 24 heavy (non-hydrogen) atoms. The maximum absolute atomic E-state index is 5.67. The quantitative estimate of drug-likeness (QED) is 0.824. The van der Waals surface area contributed by atoms with Crippen LogP contribution in [-0.4, -0.2) is 51.5 Å². The van der Waals surface area contributed by atoms with Crippen molar-refractivity contribution in [1.29, 1.82) is 0 Å². The number of benzene rings is 1. The van der Waals surface area contributed by atoms with Crippen LogP contribution in [0.1, 0.15) is 26.2 Å². The first-order chi connectivity index (χ1) is 11.3. The molecule has 1 saturated heterocycles. The maximum atomic E-state index is 5.67. The Bertz CT molecular complexity index is 467. The smallest absolute Gasteiger partial charge is 0.0623 e. The van der Waals surface area contributed by atoms with Crippen LogP contribution in [0, 0.1) is 5.92 Å². The number of ether oxygens (including phenoxy) is 1. The number of nitrogens with one attached hydrogen (secondary N) is 2. The van der Waals surface area contributed by atoms with Gasteiger partial charge in [-0.05, 0) is 37.8 Å². The van der Waals surface area contributed by atoms with Crippen molar-refractivity contribution < 1.29 is 4.74 Å². The predicted molar refractivity (Wildman–Crippen MR) is 103 cm³/mol. The van der Waals surface area contributed by atoms with E-state index in [9.17, 15) is 0 Å². The summed E-state index contributed by atoms with van der Waals surface area (Å²) in [4.78, 5) is 2.36. The van der Waals surface area contributed by atoms with Gasteiger partial charge in [0.05, 0.1) is 13.2 Å². The lowest BCUT2D eigenvalue weighted by Gasteiger charge is -2.34. The molecule has 4 unspecified atom stereocenters. The monoisotopic (exact) mass is 353 g/mol. The second-order valence-electron chi connectivity index (χ2n) is 7.04. The van der Waals surface area contributed by atoms with E-state index in [2.05, 4.69) is 59.8 Å². The second kappa shape index (κ2) is 9.62. The molecule has 3 rings (SSSR count). The Morgan fingerprint density at radius 1 is 1.29 bits per heavy atom. The van der Waals surface area contributed by atoms with E-state index in [4.69, 9.17) is 4.74 Å². The summed E-state index contributed by atoms with van der Waals surface area (Å²) in [5.74, 6) is 0.713. The van der Waals surface area contributed by atoms with E-state index in [0.717, 1.165) is 26.3 Å². The minimum atomic E-state index is 0. The van der Waals surface area contributed by atoms with E-state index in [-0.39, 0.29) is 12.4 Å². The molecule has 1 aliphatic heterocycles. The molecule has 1 aromatic carbocycles. The molecule has 2 N–H and O–H groups in total. The molecule has 136 valence electrons. The fourth-order valence-corrected chi connectivity index (χ4v) is 3.96. The number of likely N-dealkylation sites (N-methyl/N-ethyl adjacent to an activating group) is 1. The van der Waals surface area contributed by atoms with Crippen molar-refractivity contribution in [3.05, 3.63) is 30.3 Å². The number of para-hydroxylation sites is 1. The number of anilines is 1. The number of nitrogens with zero attached hydrogens (tertiary/aromatic N) is 1. The fraction of sp³-hybridized carbons (Fsp3) is 0.684. The Hall–Kier alpha value is -0.810. The number of hydrogen-bond acceptors (Lipinski definition) is 4. The van der Waals surface area contributed by atoms with E-state index in [1.54, 1.807) is 0 Å². The molecule has 0 spiro atoms. The van der Waals surface area contributed by atoms with Gasteiger partial charge >= 0.3 is 0 Å². The average molecular weight is 354 g/mol. The van der Waals surface area contributed by atoms with Gasteiger partial charge in [-0.2, -0.15) is 0 Å². The van der Waals surface area contributed by atoms with Gasteiger partial charge in [-0.15, -0.1) is 12.4 Å². The summed E-state index contributed by atoms with van der Waals surface area (Å²) in [6, 6.07) is 12.3. The van der Waals surface area contributed by atoms with Crippen LogP contribution in [0.25, 0.3) is 0 Å². The second-order valence-corrected chi connectivity index (χ2v) is 7.04. The van der Waals surface area contributed by atoms with E-state index in [1.807, 2.05) is 0 Å². The Labute approximate surface area is 152 Å². The van der Waals surface area contributed by atoms with E-state index in [0.29, 0.717) is 24.0 Å². The molecule has 0 radical (unpaired) electrons. The van der Waals surface area contributed by atoms with Gasteiger partial charge in [-0.3, -0.25) is 0 Å². The van der Waals surface area contributed by atoms with Gasteiger partial charge < -0.3 is 20.3 Å².